The normalized spacial score (nSPS) is 18.0. The van der Waals surface area contributed by atoms with E-state index in [0.29, 0.717) is 29.9 Å². The predicted octanol–water partition coefficient (Wildman–Crippen LogP) is 3.01. The van der Waals surface area contributed by atoms with Gasteiger partial charge in [-0.2, -0.15) is 13.2 Å². The van der Waals surface area contributed by atoms with E-state index in [0.717, 1.165) is 13.2 Å². The Morgan fingerprint density at radius 1 is 1.21 bits per heavy atom. The largest absolute Gasteiger partial charge is 0.493 e. The van der Waals surface area contributed by atoms with Crippen LogP contribution < -0.4 is 4.74 Å². The second kappa shape index (κ2) is 5.62. The Bertz CT molecular complexity index is 749. The molecule has 0 amide bonds. The number of benzene rings is 1. The average molecular weight is 366 g/mol. The lowest BCUT2D eigenvalue weighted by atomic mass is 9.74. The number of ether oxygens (including phenoxy) is 1. The summed E-state index contributed by atoms with van der Waals surface area (Å²) in [5.41, 5.74) is -3.02. The second-order valence-corrected chi connectivity index (χ2v) is 9.18. The fourth-order valence-corrected chi connectivity index (χ4v) is 3.74. The number of hydrogen-bond donors (Lipinski definition) is 1. The maximum Gasteiger partial charge on any atom is 0.416 e. The number of fused-ring (bicyclic) bond motifs is 1. The van der Waals surface area contributed by atoms with Gasteiger partial charge in [0.15, 0.2) is 15.4 Å². The molecule has 136 valence electrons. The van der Waals surface area contributed by atoms with Crippen molar-refractivity contribution in [3.8, 4) is 5.75 Å². The van der Waals surface area contributed by atoms with Crippen LogP contribution in [0.4, 0.5) is 13.2 Å². The van der Waals surface area contributed by atoms with Gasteiger partial charge in [0.05, 0.1) is 11.5 Å². The van der Waals surface area contributed by atoms with Crippen molar-refractivity contribution >= 4 is 9.84 Å². The van der Waals surface area contributed by atoms with Crippen molar-refractivity contribution in [1.29, 1.82) is 0 Å². The molecule has 0 bridgehead atoms. The summed E-state index contributed by atoms with van der Waals surface area (Å²) in [7, 11) is -3.52. The first kappa shape index (κ1) is 19.1. The molecule has 0 saturated heterocycles. The van der Waals surface area contributed by atoms with Crippen molar-refractivity contribution in [2.75, 3.05) is 12.9 Å². The van der Waals surface area contributed by atoms with Crippen molar-refractivity contribution in [2.24, 2.45) is 0 Å². The topological polar surface area (TPSA) is 63.6 Å². The van der Waals surface area contributed by atoms with E-state index in [4.69, 9.17) is 4.74 Å². The van der Waals surface area contributed by atoms with Crippen LogP contribution in [0.1, 0.15) is 38.3 Å². The van der Waals surface area contributed by atoms with E-state index < -0.39 is 33.5 Å². The minimum Gasteiger partial charge on any atom is -0.493 e. The first-order valence-electron chi connectivity index (χ1n) is 7.44. The van der Waals surface area contributed by atoms with Crippen LogP contribution in [0.25, 0.3) is 0 Å². The lowest BCUT2D eigenvalue weighted by Gasteiger charge is -2.36. The van der Waals surface area contributed by atoms with Crippen molar-refractivity contribution in [2.45, 2.75) is 55.7 Å². The molecule has 0 saturated carbocycles. The van der Waals surface area contributed by atoms with Crippen LogP contribution in [0, 0.1) is 0 Å². The molecular formula is C16H21F3O4S. The highest BCUT2D eigenvalue weighted by molar-refractivity contribution is 7.90. The van der Waals surface area contributed by atoms with Crippen LogP contribution in [-0.2, 0) is 21.7 Å². The maximum absolute atomic E-state index is 13.0. The number of aliphatic hydroxyl groups is 1. The molecule has 1 aromatic rings. The smallest absolute Gasteiger partial charge is 0.416 e. The molecule has 1 N–H and O–H groups in total. The Kier molecular flexibility index (Phi) is 4.46. The summed E-state index contributed by atoms with van der Waals surface area (Å²) in [6.45, 7) is 4.14. The molecule has 1 heterocycles. The van der Waals surface area contributed by atoms with Gasteiger partial charge in [-0.25, -0.2) is 8.42 Å². The van der Waals surface area contributed by atoms with Gasteiger partial charge in [-0.15, -0.1) is 0 Å². The standard InChI is InChI=1S/C16H21F3O4S/c1-14(2,9-15(3,20)16(17,18)19)12-8-11(24(4,21)22)7-10-5-6-23-13(10)12/h7-8,20H,5-6,9H2,1-4H3. The van der Waals surface area contributed by atoms with E-state index in [1.165, 1.54) is 26.0 Å². The monoisotopic (exact) mass is 366 g/mol. The van der Waals surface area contributed by atoms with E-state index in [9.17, 15) is 26.7 Å². The van der Waals surface area contributed by atoms with Crippen molar-refractivity contribution in [1.82, 2.24) is 0 Å². The summed E-state index contributed by atoms with van der Waals surface area (Å²) in [5.74, 6) is 0.422. The molecule has 0 radical (unpaired) electrons. The Labute approximate surface area is 139 Å². The van der Waals surface area contributed by atoms with Gasteiger partial charge in [0, 0.05) is 18.2 Å². The van der Waals surface area contributed by atoms with Crippen LogP contribution in [0.2, 0.25) is 0 Å². The number of hydrogen-bond acceptors (Lipinski definition) is 4. The third kappa shape index (κ3) is 3.54. The summed E-state index contributed by atoms with van der Waals surface area (Å²) in [6.07, 6.45) is -3.86. The number of halogens is 3. The Hall–Kier alpha value is -1.28. The van der Waals surface area contributed by atoms with Crippen LogP contribution >= 0.6 is 0 Å². The van der Waals surface area contributed by atoms with Gasteiger partial charge >= 0.3 is 6.18 Å². The van der Waals surface area contributed by atoms with Crippen molar-refractivity contribution in [3.05, 3.63) is 23.3 Å². The quantitative estimate of drug-likeness (QED) is 0.890. The average Bonchev–Trinajstić information content (AvgIpc) is 2.81. The van der Waals surface area contributed by atoms with Gasteiger partial charge in [-0.1, -0.05) is 13.8 Å². The van der Waals surface area contributed by atoms with E-state index in [-0.39, 0.29) is 4.90 Å². The fourth-order valence-electron chi connectivity index (χ4n) is 3.05. The van der Waals surface area contributed by atoms with E-state index in [1.54, 1.807) is 0 Å². The first-order valence-corrected chi connectivity index (χ1v) is 9.34. The van der Waals surface area contributed by atoms with Gasteiger partial charge in [-0.3, -0.25) is 0 Å². The highest BCUT2D eigenvalue weighted by Gasteiger charge is 2.52. The van der Waals surface area contributed by atoms with Gasteiger partial charge in [0.1, 0.15) is 5.75 Å². The lowest BCUT2D eigenvalue weighted by molar-refractivity contribution is -0.259. The van der Waals surface area contributed by atoms with Crippen molar-refractivity contribution in [3.63, 3.8) is 0 Å². The summed E-state index contributed by atoms with van der Waals surface area (Å²) >= 11 is 0. The third-order valence-corrected chi connectivity index (χ3v) is 5.40. The maximum atomic E-state index is 13.0. The molecule has 0 aliphatic carbocycles. The van der Waals surface area contributed by atoms with Crippen LogP contribution in [-0.4, -0.2) is 38.2 Å². The number of sulfone groups is 1. The van der Waals surface area contributed by atoms with Gasteiger partial charge < -0.3 is 9.84 Å². The summed E-state index contributed by atoms with van der Waals surface area (Å²) < 4.78 is 68.4. The van der Waals surface area contributed by atoms with Crippen LogP contribution in [0.15, 0.2) is 17.0 Å². The van der Waals surface area contributed by atoms with Gasteiger partial charge in [0.2, 0.25) is 0 Å². The first-order chi connectivity index (χ1) is 10.7. The van der Waals surface area contributed by atoms with E-state index in [2.05, 4.69) is 0 Å². The molecule has 1 aliphatic heterocycles. The Balaban J connectivity index is 2.56. The summed E-state index contributed by atoms with van der Waals surface area (Å²) in [6, 6.07) is 2.85. The number of alkyl halides is 3. The minimum atomic E-state index is -4.79. The molecule has 0 spiro atoms. The molecule has 8 heteroatoms. The van der Waals surface area contributed by atoms with E-state index >= 15 is 0 Å². The molecule has 4 nitrogen and oxygen atoms in total. The fraction of sp³-hybridized carbons (Fsp3) is 0.625. The van der Waals surface area contributed by atoms with Crippen LogP contribution in [0.5, 0.6) is 5.75 Å². The molecule has 1 atom stereocenters. The molecule has 1 unspecified atom stereocenters. The zero-order valence-electron chi connectivity index (χ0n) is 14.0. The second-order valence-electron chi connectivity index (χ2n) is 7.16. The number of rotatable bonds is 4. The molecule has 1 aliphatic rings. The predicted molar refractivity (Wildman–Crippen MR) is 83.1 cm³/mol. The van der Waals surface area contributed by atoms with Gasteiger partial charge in [-0.05, 0) is 36.5 Å². The summed E-state index contributed by atoms with van der Waals surface area (Å²) in [5, 5.41) is 9.84. The van der Waals surface area contributed by atoms with E-state index in [1.807, 2.05) is 0 Å². The lowest BCUT2D eigenvalue weighted by Crippen LogP contribution is -2.46. The van der Waals surface area contributed by atoms with Crippen LogP contribution in [0.3, 0.4) is 0 Å². The zero-order valence-corrected chi connectivity index (χ0v) is 14.8. The Morgan fingerprint density at radius 3 is 2.29 bits per heavy atom. The third-order valence-electron chi connectivity index (χ3n) is 4.31. The van der Waals surface area contributed by atoms with Gasteiger partial charge in [0.25, 0.3) is 0 Å². The molecule has 0 fully saturated rings. The highest BCUT2D eigenvalue weighted by Crippen LogP contribution is 2.46. The zero-order chi connectivity index (χ0) is 18.6. The highest BCUT2D eigenvalue weighted by atomic mass is 32.2. The molecule has 24 heavy (non-hydrogen) atoms. The Morgan fingerprint density at radius 2 is 1.79 bits per heavy atom. The molecule has 1 aromatic carbocycles. The minimum absolute atomic E-state index is 0.0430. The molecule has 2 rings (SSSR count). The summed E-state index contributed by atoms with van der Waals surface area (Å²) in [4.78, 5) is 0.0430. The molecule has 0 aromatic heterocycles. The SMILES string of the molecule is CC(C)(CC(C)(O)C(F)(F)F)c1cc(S(C)(=O)=O)cc2c1OCC2. The van der Waals surface area contributed by atoms with Crippen molar-refractivity contribution < 1.29 is 31.4 Å². The molecular weight excluding hydrogens is 345 g/mol.